The second kappa shape index (κ2) is 6.94. The van der Waals surface area contributed by atoms with Crippen molar-refractivity contribution in [2.24, 2.45) is 17.6 Å². The van der Waals surface area contributed by atoms with Gasteiger partial charge in [0.1, 0.15) is 0 Å². The molecule has 1 heterocycles. The molecule has 2 rings (SSSR count). The summed E-state index contributed by atoms with van der Waals surface area (Å²) < 4.78 is 29.5. The summed E-state index contributed by atoms with van der Waals surface area (Å²) in [4.78, 5) is 0.335. The Hall–Kier alpha value is -0.850. The number of sulfonamides is 1. The highest BCUT2D eigenvalue weighted by Crippen LogP contribution is 2.30. The van der Waals surface area contributed by atoms with Crippen LogP contribution in [0.5, 0.6) is 0 Å². The SMILES string of the molecule is CCCn1cc(S(=O)(=O)NCC2CCCC2C)cc1CN. The van der Waals surface area contributed by atoms with E-state index in [0.717, 1.165) is 25.1 Å². The topological polar surface area (TPSA) is 77.1 Å². The third-order valence-corrected chi connectivity index (χ3v) is 5.91. The molecule has 0 bridgehead atoms. The number of nitrogens with two attached hydrogens (primary N) is 1. The van der Waals surface area contributed by atoms with Crippen LogP contribution in [0.2, 0.25) is 0 Å². The molecule has 21 heavy (non-hydrogen) atoms. The van der Waals surface area contributed by atoms with Gasteiger partial charge >= 0.3 is 0 Å². The van der Waals surface area contributed by atoms with Gasteiger partial charge in [-0.2, -0.15) is 0 Å². The van der Waals surface area contributed by atoms with Gasteiger partial charge in [-0.3, -0.25) is 0 Å². The predicted molar refractivity (Wildman–Crippen MR) is 84.3 cm³/mol. The Morgan fingerprint density at radius 1 is 1.43 bits per heavy atom. The lowest BCUT2D eigenvalue weighted by Gasteiger charge is -2.15. The second-order valence-electron chi connectivity index (χ2n) is 6.08. The van der Waals surface area contributed by atoms with Crippen molar-refractivity contribution >= 4 is 10.0 Å². The standard InChI is InChI=1S/C15H27N3O2S/c1-3-7-18-11-15(8-14(18)9-16)21(19,20)17-10-13-6-4-5-12(13)2/h8,11-13,17H,3-7,9-10,16H2,1-2H3. The normalized spacial score (nSPS) is 22.8. The largest absolute Gasteiger partial charge is 0.349 e. The van der Waals surface area contributed by atoms with Crippen molar-refractivity contribution in [3.8, 4) is 0 Å². The molecule has 1 fully saturated rings. The van der Waals surface area contributed by atoms with E-state index in [2.05, 4.69) is 18.6 Å². The van der Waals surface area contributed by atoms with Crippen molar-refractivity contribution in [3.63, 3.8) is 0 Å². The Kier molecular flexibility index (Phi) is 5.46. The van der Waals surface area contributed by atoms with E-state index >= 15 is 0 Å². The summed E-state index contributed by atoms with van der Waals surface area (Å²) in [5.41, 5.74) is 6.56. The number of rotatable bonds is 7. The van der Waals surface area contributed by atoms with E-state index in [1.54, 1.807) is 12.3 Å². The molecule has 0 aliphatic heterocycles. The molecule has 0 spiro atoms. The average Bonchev–Trinajstić information content (AvgIpc) is 3.04. The van der Waals surface area contributed by atoms with Gasteiger partial charge in [-0.05, 0) is 30.7 Å². The molecule has 1 aliphatic rings. The van der Waals surface area contributed by atoms with E-state index in [1.165, 1.54) is 12.8 Å². The molecule has 1 aliphatic carbocycles. The van der Waals surface area contributed by atoms with Crippen LogP contribution in [0.4, 0.5) is 0 Å². The number of nitrogens with zero attached hydrogens (tertiary/aromatic N) is 1. The Morgan fingerprint density at radius 2 is 2.19 bits per heavy atom. The van der Waals surface area contributed by atoms with Crippen molar-refractivity contribution in [2.75, 3.05) is 6.54 Å². The molecule has 0 aromatic carbocycles. The van der Waals surface area contributed by atoms with Crippen LogP contribution in [0.3, 0.4) is 0 Å². The Bertz CT molecular complexity index is 565. The van der Waals surface area contributed by atoms with E-state index in [9.17, 15) is 8.42 Å². The second-order valence-corrected chi connectivity index (χ2v) is 7.85. The molecule has 1 aromatic rings. The minimum absolute atomic E-state index is 0.335. The highest BCUT2D eigenvalue weighted by molar-refractivity contribution is 7.89. The van der Waals surface area contributed by atoms with Gasteiger partial charge in [0.2, 0.25) is 10.0 Å². The predicted octanol–water partition coefficient (Wildman–Crippen LogP) is 2.07. The summed E-state index contributed by atoms with van der Waals surface area (Å²) in [6, 6.07) is 1.69. The third kappa shape index (κ3) is 3.87. The lowest BCUT2D eigenvalue weighted by Crippen LogP contribution is -2.30. The summed E-state index contributed by atoms with van der Waals surface area (Å²) in [7, 11) is -3.43. The van der Waals surface area contributed by atoms with Crippen LogP contribution in [0.25, 0.3) is 0 Å². The fourth-order valence-electron chi connectivity index (χ4n) is 3.12. The first kappa shape index (κ1) is 16.5. The number of aromatic nitrogens is 1. The van der Waals surface area contributed by atoms with E-state index in [0.29, 0.717) is 29.8 Å². The van der Waals surface area contributed by atoms with Crippen LogP contribution in [0, 0.1) is 11.8 Å². The van der Waals surface area contributed by atoms with E-state index in [1.807, 2.05) is 4.57 Å². The molecule has 0 amide bonds. The number of hydrogen-bond donors (Lipinski definition) is 2. The molecule has 120 valence electrons. The smallest absolute Gasteiger partial charge is 0.242 e. The maximum atomic E-state index is 12.4. The van der Waals surface area contributed by atoms with E-state index < -0.39 is 10.0 Å². The summed E-state index contributed by atoms with van der Waals surface area (Å²) >= 11 is 0. The molecule has 6 heteroatoms. The zero-order valence-electron chi connectivity index (χ0n) is 13.0. The minimum Gasteiger partial charge on any atom is -0.349 e. The van der Waals surface area contributed by atoms with Gasteiger partial charge in [-0.15, -0.1) is 0 Å². The lowest BCUT2D eigenvalue weighted by atomic mass is 9.99. The summed E-state index contributed by atoms with van der Waals surface area (Å²) in [5.74, 6) is 1.07. The maximum Gasteiger partial charge on any atom is 0.242 e. The molecule has 1 saturated carbocycles. The molecule has 0 saturated heterocycles. The number of aryl methyl sites for hydroxylation is 1. The van der Waals surface area contributed by atoms with Gasteiger partial charge in [-0.1, -0.05) is 26.7 Å². The fourth-order valence-corrected chi connectivity index (χ4v) is 4.28. The molecule has 1 aromatic heterocycles. The first-order valence-corrected chi connectivity index (χ1v) is 9.35. The van der Waals surface area contributed by atoms with Crippen molar-refractivity contribution in [3.05, 3.63) is 18.0 Å². The van der Waals surface area contributed by atoms with Crippen molar-refractivity contribution < 1.29 is 8.42 Å². The zero-order valence-corrected chi connectivity index (χ0v) is 13.8. The minimum atomic E-state index is -3.43. The highest BCUT2D eigenvalue weighted by atomic mass is 32.2. The molecular weight excluding hydrogens is 286 g/mol. The maximum absolute atomic E-state index is 12.4. The van der Waals surface area contributed by atoms with Crippen LogP contribution in [0.1, 0.15) is 45.2 Å². The molecule has 2 atom stereocenters. The van der Waals surface area contributed by atoms with Crippen LogP contribution in [0.15, 0.2) is 17.2 Å². The Balaban J connectivity index is 2.08. The molecule has 5 nitrogen and oxygen atoms in total. The first-order valence-electron chi connectivity index (χ1n) is 7.86. The van der Waals surface area contributed by atoms with Crippen molar-refractivity contribution in [1.82, 2.24) is 9.29 Å². The van der Waals surface area contributed by atoms with Gasteiger partial charge in [0.25, 0.3) is 0 Å². The van der Waals surface area contributed by atoms with E-state index in [4.69, 9.17) is 5.73 Å². The Morgan fingerprint density at radius 3 is 2.76 bits per heavy atom. The molecule has 3 N–H and O–H groups in total. The number of nitrogens with one attached hydrogen (secondary N) is 1. The molecular formula is C15H27N3O2S. The van der Waals surface area contributed by atoms with Crippen molar-refractivity contribution in [2.45, 2.75) is 57.5 Å². The van der Waals surface area contributed by atoms with Gasteiger partial charge < -0.3 is 10.3 Å². The zero-order chi connectivity index (χ0) is 15.5. The fraction of sp³-hybridized carbons (Fsp3) is 0.733. The van der Waals surface area contributed by atoms with Gasteiger partial charge in [0.15, 0.2) is 0 Å². The van der Waals surface area contributed by atoms with Gasteiger partial charge in [0, 0.05) is 31.5 Å². The first-order chi connectivity index (χ1) is 9.97. The average molecular weight is 313 g/mol. The highest BCUT2D eigenvalue weighted by Gasteiger charge is 2.26. The molecule has 0 radical (unpaired) electrons. The summed E-state index contributed by atoms with van der Waals surface area (Å²) in [5, 5.41) is 0. The van der Waals surface area contributed by atoms with Crippen molar-refractivity contribution in [1.29, 1.82) is 0 Å². The van der Waals surface area contributed by atoms with Crippen LogP contribution in [-0.4, -0.2) is 19.5 Å². The number of hydrogen-bond acceptors (Lipinski definition) is 3. The monoisotopic (exact) mass is 313 g/mol. The summed E-state index contributed by atoms with van der Waals surface area (Å²) in [6.45, 7) is 5.96. The van der Waals surface area contributed by atoms with Crippen LogP contribution < -0.4 is 10.5 Å². The molecule has 2 unspecified atom stereocenters. The third-order valence-electron chi connectivity index (χ3n) is 4.52. The lowest BCUT2D eigenvalue weighted by molar-refractivity contribution is 0.414. The van der Waals surface area contributed by atoms with Gasteiger partial charge in [-0.25, -0.2) is 13.1 Å². The summed E-state index contributed by atoms with van der Waals surface area (Å²) in [6.07, 6.45) is 6.18. The van der Waals surface area contributed by atoms with E-state index in [-0.39, 0.29) is 0 Å². The Labute approximate surface area is 128 Å². The van der Waals surface area contributed by atoms with Crippen LogP contribution >= 0.6 is 0 Å². The quantitative estimate of drug-likeness (QED) is 0.809. The van der Waals surface area contributed by atoms with Crippen LogP contribution in [-0.2, 0) is 23.1 Å². The van der Waals surface area contributed by atoms with Gasteiger partial charge in [0.05, 0.1) is 4.90 Å².